The fourth-order valence-electron chi connectivity index (χ4n) is 5.44. The Morgan fingerprint density at radius 2 is 2.00 bits per heavy atom. The Morgan fingerprint density at radius 1 is 1.27 bits per heavy atom. The third-order valence-electron chi connectivity index (χ3n) is 7.27. The highest BCUT2D eigenvalue weighted by Gasteiger charge is 2.53. The molecular weight excluding hydrogens is 328 g/mol. The summed E-state index contributed by atoms with van der Waals surface area (Å²) in [6, 6.07) is 0. The van der Waals surface area contributed by atoms with Crippen molar-refractivity contribution in [2.24, 2.45) is 23.2 Å². The first-order valence-electron chi connectivity index (χ1n) is 10.4. The Labute approximate surface area is 157 Å². The van der Waals surface area contributed by atoms with Crippen molar-refractivity contribution in [3.05, 3.63) is 23.8 Å². The Balaban J connectivity index is 1.62. The van der Waals surface area contributed by atoms with E-state index in [0.29, 0.717) is 18.3 Å². The van der Waals surface area contributed by atoms with Crippen molar-refractivity contribution in [2.75, 3.05) is 0 Å². The maximum atomic E-state index is 10.7. The lowest BCUT2D eigenvalue weighted by Gasteiger charge is -2.57. The smallest absolute Gasteiger partial charge is 0.303 e. The maximum Gasteiger partial charge on any atom is 0.303 e. The molecule has 0 aliphatic heterocycles. The highest BCUT2D eigenvalue weighted by atomic mass is 16.4. The summed E-state index contributed by atoms with van der Waals surface area (Å²) in [5.74, 6) is 0.125. The normalized spacial score (nSPS) is 38.1. The van der Waals surface area contributed by atoms with Crippen LogP contribution < -0.4 is 0 Å². The molecule has 3 fully saturated rings. The second-order valence-electron chi connectivity index (χ2n) is 8.85. The lowest BCUT2D eigenvalue weighted by molar-refractivity contribution is -0.136. The molecule has 0 radical (unpaired) electrons. The summed E-state index contributed by atoms with van der Waals surface area (Å²) in [6.07, 6.45) is 14.8. The van der Waals surface area contributed by atoms with Crippen LogP contribution in [-0.4, -0.2) is 33.5 Å². The average Bonchev–Trinajstić information content (AvgIpc) is 2.63. The van der Waals surface area contributed by atoms with Crippen molar-refractivity contribution in [2.45, 2.75) is 83.3 Å². The first-order chi connectivity index (χ1) is 12.4. The van der Waals surface area contributed by atoms with Gasteiger partial charge in [-0.15, -0.1) is 0 Å². The van der Waals surface area contributed by atoms with Crippen LogP contribution in [0, 0.1) is 23.2 Å². The van der Waals surface area contributed by atoms with Gasteiger partial charge in [0.1, 0.15) is 0 Å². The zero-order valence-electron chi connectivity index (χ0n) is 15.9. The van der Waals surface area contributed by atoms with Gasteiger partial charge in [-0.25, -0.2) is 0 Å². The minimum absolute atomic E-state index is 0.0858. The molecular formula is C22H34O4. The Morgan fingerprint density at radius 3 is 2.69 bits per heavy atom. The summed E-state index contributed by atoms with van der Waals surface area (Å²) in [7, 11) is 0. The van der Waals surface area contributed by atoms with E-state index in [1.807, 2.05) is 6.08 Å². The molecule has 5 atom stereocenters. The number of aliphatic hydroxyl groups is 2. The molecule has 3 aliphatic carbocycles. The van der Waals surface area contributed by atoms with Crippen molar-refractivity contribution in [3.8, 4) is 0 Å². The van der Waals surface area contributed by atoms with Gasteiger partial charge in [-0.1, -0.05) is 50.0 Å². The van der Waals surface area contributed by atoms with Crippen LogP contribution in [0.3, 0.4) is 0 Å². The molecule has 0 saturated heterocycles. The lowest BCUT2D eigenvalue weighted by atomic mass is 9.48. The van der Waals surface area contributed by atoms with E-state index in [2.05, 4.69) is 19.1 Å². The van der Waals surface area contributed by atoms with Gasteiger partial charge in [0.2, 0.25) is 0 Å². The molecule has 3 aliphatic rings. The average molecular weight is 363 g/mol. The lowest BCUT2D eigenvalue weighted by Crippen LogP contribution is -2.51. The molecule has 0 amide bonds. The highest BCUT2D eigenvalue weighted by Crippen LogP contribution is 2.61. The number of hydrogen-bond acceptors (Lipinski definition) is 3. The molecule has 0 spiro atoms. The predicted molar refractivity (Wildman–Crippen MR) is 102 cm³/mol. The van der Waals surface area contributed by atoms with Gasteiger partial charge in [0.15, 0.2) is 0 Å². The van der Waals surface area contributed by atoms with Crippen LogP contribution in [0.5, 0.6) is 0 Å². The number of carboxylic acid groups (broad SMARTS) is 1. The molecule has 0 aromatic rings. The van der Waals surface area contributed by atoms with Crippen molar-refractivity contribution >= 4 is 5.97 Å². The van der Waals surface area contributed by atoms with E-state index < -0.39 is 5.97 Å². The Kier molecular flexibility index (Phi) is 6.24. The number of aliphatic hydroxyl groups excluding tert-OH is 2. The monoisotopic (exact) mass is 362 g/mol. The number of allylic oxidation sites excluding steroid dienone is 2. The van der Waals surface area contributed by atoms with Crippen molar-refractivity contribution in [3.63, 3.8) is 0 Å². The van der Waals surface area contributed by atoms with E-state index in [1.165, 1.54) is 24.8 Å². The zero-order chi connectivity index (χ0) is 18.7. The van der Waals surface area contributed by atoms with Gasteiger partial charge in [0, 0.05) is 12.3 Å². The molecule has 1 unspecified atom stereocenters. The summed E-state index contributed by atoms with van der Waals surface area (Å²) in [4.78, 5) is 10.7. The van der Waals surface area contributed by atoms with Gasteiger partial charge < -0.3 is 15.3 Å². The SMILES string of the molecule is C[C@@]12CC[C@H](O)[C@@H](/C=C/C(O)C3CCCCC3)[C@@H]1CC2=CCCC(=O)O. The molecule has 4 nitrogen and oxygen atoms in total. The number of aliphatic carboxylic acids is 1. The zero-order valence-corrected chi connectivity index (χ0v) is 15.9. The van der Waals surface area contributed by atoms with Crippen molar-refractivity contribution < 1.29 is 20.1 Å². The molecule has 0 aromatic heterocycles. The fraction of sp³-hybridized carbons (Fsp3) is 0.773. The third kappa shape index (κ3) is 4.07. The van der Waals surface area contributed by atoms with E-state index in [-0.39, 0.29) is 30.0 Å². The van der Waals surface area contributed by atoms with Crippen LogP contribution in [0.4, 0.5) is 0 Å². The number of hydrogen-bond donors (Lipinski definition) is 3. The molecule has 4 heteroatoms. The van der Waals surface area contributed by atoms with E-state index in [0.717, 1.165) is 32.1 Å². The second-order valence-corrected chi connectivity index (χ2v) is 8.85. The molecule has 3 N–H and O–H groups in total. The topological polar surface area (TPSA) is 77.8 Å². The molecule has 3 saturated carbocycles. The maximum absolute atomic E-state index is 10.7. The molecule has 0 bridgehead atoms. The third-order valence-corrected chi connectivity index (χ3v) is 7.27. The van der Waals surface area contributed by atoms with Crippen molar-refractivity contribution in [1.29, 1.82) is 0 Å². The van der Waals surface area contributed by atoms with Gasteiger partial charge in [-0.2, -0.15) is 0 Å². The largest absolute Gasteiger partial charge is 0.481 e. The van der Waals surface area contributed by atoms with Crippen LogP contribution in [0.1, 0.15) is 71.1 Å². The predicted octanol–water partition coefficient (Wildman–Crippen LogP) is 4.07. The van der Waals surface area contributed by atoms with Crippen LogP contribution in [0.25, 0.3) is 0 Å². The van der Waals surface area contributed by atoms with Crippen LogP contribution >= 0.6 is 0 Å². The van der Waals surface area contributed by atoms with Gasteiger partial charge >= 0.3 is 5.97 Å². The number of carbonyl (C=O) groups is 1. The highest BCUT2D eigenvalue weighted by molar-refractivity contribution is 5.66. The minimum Gasteiger partial charge on any atom is -0.481 e. The summed E-state index contributed by atoms with van der Waals surface area (Å²) >= 11 is 0. The van der Waals surface area contributed by atoms with Gasteiger partial charge in [0.25, 0.3) is 0 Å². The number of carboxylic acids is 1. The molecule has 26 heavy (non-hydrogen) atoms. The van der Waals surface area contributed by atoms with Crippen LogP contribution in [0.15, 0.2) is 23.8 Å². The van der Waals surface area contributed by atoms with E-state index >= 15 is 0 Å². The van der Waals surface area contributed by atoms with Gasteiger partial charge in [0.05, 0.1) is 12.2 Å². The summed E-state index contributed by atoms with van der Waals surface area (Å²) in [6.45, 7) is 2.26. The van der Waals surface area contributed by atoms with E-state index in [1.54, 1.807) is 0 Å². The Bertz CT molecular complexity index is 560. The van der Waals surface area contributed by atoms with Crippen LogP contribution in [0.2, 0.25) is 0 Å². The quantitative estimate of drug-likeness (QED) is 0.622. The van der Waals surface area contributed by atoms with E-state index in [9.17, 15) is 15.0 Å². The van der Waals surface area contributed by atoms with Gasteiger partial charge in [-0.05, 0) is 55.8 Å². The molecule has 3 rings (SSSR count). The van der Waals surface area contributed by atoms with Crippen LogP contribution in [-0.2, 0) is 4.79 Å². The first kappa shape index (κ1) is 19.6. The van der Waals surface area contributed by atoms with Gasteiger partial charge in [-0.3, -0.25) is 4.79 Å². The second kappa shape index (κ2) is 8.26. The summed E-state index contributed by atoms with van der Waals surface area (Å²) in [5, 5.41) is 29.9. The summed E-state index contributed by atoms with van der Waals surface area (Å²) in [5.41, 5.74) is 1.45. The first-order valence-corrected chi connectivity index (χ1v) is 10.4. The molecule has 0 aromatic carbocycles. The number of fused-ring (bicyclic) bond motifs is 1. The molecule has 0 heterocycles. The standard InChI is InChI=1S/C22H34O4/c1-22-13-12-20(24)17(10-11-19(23)15-6-3-2-4-7-15)18(22)14-16(22)8-5-9-21(25)26/h8,10-11,15,17-20,23-24H,2-7,9,12-14H2,1H3,(H,25,26)/b11-10+,16-8?/t17-,18-,19?,20-,22-/m0/s1. The van der Waals surface area contributed by atoms with E-state index in [4.69, 9.17) is 5.11 Å². The fourth-order valence-corrected chi connectivity index (χ4v) is 5.44. The Hall–Kier alpha value is -1.13. The number of rotatable bonds is 6. The van der Waals surface area contributed by atoms with Crippen molar-refractivity contribution in [1.82, 2.24) is 0 Å². The minimum atomic E-state index is -0.751. The molecule has 146 valence electrons. The summed E-state index contributed by atoms with van der Waals surface area (Å²) < 4.78 is 0.